The molecule has 2 aromatic rings. The summed E-state index contributed by atoms with van der Waals surface area (Å²) < 4.78 is 0. The lowest BCUT2D eigenvalue weighted by Gasteiger charge is -1.95. The molecule has 0 aromatic carbocycles. The molecule has 0 aliphatic carbocycles. The molecule has 0 aliphatic rings. The summed E-state index contributed by atoms with van der Waals surface area (Å²) in [6, 6.07) is 3.67. The van der Waals surface area contributed by atoms with Gasteiger partial charge in [-0.25, -0.2) is 0 Å². The maximum absolute atomic E-state index is 11.1. The van der Waals surface area contributed by atoms with Crippen LogP contribution in [0.5, 0.6) is 0 Å². The highest BCUT2D eigenvalue weighted by atomic mass is 16.1. The lowest BCUT2D eigenvalue weighted by atomic mass is 10.3. The Hall–Kier alpha value is -2.24. The van der Waals surface area contributed by atoms with Crippen LogP contribution in [0.4, 0.5) is 5.95 Å². The molecule has 0 atom stereocenters. The Labute approximate surface area is 92.1 Å². The van der Waals surface area contributed by atoms with Gasteiger partial charge in [-0.2, -0.15) is 4.98 Å². The summed E-state index contributed by atoms with van der Waals surface area (Å²) in [7, 11) is 0. The third-order valence-corrected chi connectivity index (χ3v) is 1.99. The fourth-order valence-corrected chi connectivity index (χ4v) is 1.16. The van der Waals surface area contributed by atoms with Crippen molar-refractivity contribution in [2.24, 2.45) is 0 Å². The Kier molecular flexibility index (Phi) is 2.90. The maximum atomic E-state index is 11.1. The summed E-state index contributed by atoms with van der Waals surface area (Å²) in [6.45, 7) is 1.77. The standard InChI is InChI=1S/C10H11N5O/c1-2-8(16)12-10-13-9(14-15-10)7-4-3-5-11-6-7/h3-6H,2H2,1H3,(H2,12,13,14,15,16). The van der Waals surface area contributed by atoms with Crippen LogP contribution in [0.25, 0.3) is 11.4 Å². The number of hydrogen-bond donors (Lipinski definition) is 2. The quantitative estimate of drug-likeness (QED) is 0.809. The van der Waals surface area contributed by atoms with E-state index in [-0.39, 0.29) is 11.9 Å². The topological polar surface area (TPSA) is 83.6 Å². The first-order valence-corrected chi connectivity index (χ1v) is 4.92. The molecular weight excluding hydrogens is 206 g/mol. The number of aromatic nitrogens is 4. The number of amides is 1. The van der Waals surface area contributed by atoms with E-state index in [0.29, 0.717) is 12.2 Å². The molecule has 0 fully saturated rings. The minimum absolute atomic E-state index is 0.114. The van der Waals surface area contributed by atoms with E-state index in [1.165, 1.54) is 0 Å². The molecule has 0 radical (unpaired) electrons. The van der Waals surface area contributed by atoms with Crippen LogP contribution in [-0.2, 0) is 4.79 Å². The SMILES string of the molecule is CCC(=O)Nc1n[nH]c(-c2cccnc2)n1. The molecule has 2 rings (SSSR count). The van der Waals surface area contributed by atoms with E-state index in [9.17, 15) is 4.79 Å². The molecule has 0 aliphatic heterocycles. The number of anilines is 1. The third-order valence-electron chi connectivity index (χ3n) is 1.99. The van der Waals surface area contributed by atoms with E-state index in [4.69, 9.17) is 0 Å². The molecule has 0 spiro atoms. The minimum Gasteiger partial charge on any atom is -0.293 e. The Morgan fingerprint density at radius 2 is 2.44 bits per heavy atom. The van der Waals surface area contributed by atoms with E-state index in [1.807, 2.05) is 12.1 Å². The zero-order valence-corrected chi connectivity index (χ0v) is 8.77. The van der Waals surface area contributed by atoms with Crippen LogP contribution >= 0.6 is 0 Å². The van der Waals surface area contributed by atoms with Gasteiger partial charge in [0.05, 0.1) is 0 Å². The molecule has 1 amide bonds. The van der Waals surface area contributed by atoms with Crippen molar-refractivity contribution >= 4 is 11.9 Å². The van der Waals surface area contributed by atoms with Crippen LogP contribution in [0, 0.1) is 0 Å². The average molecular weight is 217 g/mol. The van der Waals surface area contributed by atoms with Gasteiger partial charge in [0.2, 0.25) is 11.9 Å². The Morgan fingerprint density at radius 3 is 3.12 bits per heavy atom. The largest absolute Gasteiger partial charge is 0.293 e. The molecule has 6 nitrogen and oxygen atoms in total. The summed E-state index contributed by atoms with van der Waals surface area (Å²) in [4.78, 5) is 19.2. The summed E-state index contributed by atoms with van der Waals surface area (Å²) in [5, 5.41) is 9.19. The molecule has 2 aromatic heterocycles. The number of hydrogen-bond acceptors (Lipinski definition) is 4. The number of H-pyrrole nitrogens is 1. The van der Waals surface area contributed by atoms with E-state index in [2.05, 4.69) is 25.5 Å². The fourth-order valence-electron chi connectivity index (χ4n) is 1.16. The zero-order valence-electron chi connectivity index (χ0n) is 8.77. The first kappa shape index (κ1) is 10.3. The van der Waals surface area contributed by atoms with Crippen LogP contribution < -0.4 is 5.32 Å². The molecular formula is C10H11N5O. The van der Waals surface area contributed by atoms with Gasteiger partial charge >= 0.3 is 0 Å². The Bertz CT molecular complexity index is 479. The zero-order chi connectivity index (χ0) is 11.4. The van der Waals surface area contributed by atoms with Gasteiger partial charge in [0, 0.05) is 24.4 Å². The van der Waals surface area contributed by atoms with E-state index in [1.54, 1.807) is 19.3 Å². The highest BCUT2D eigenvalue weighted by Crippen LogP contribution is 2.13. The highest BCUT2D eigenvalue weighted by Gasteiger charge is 2.07. The molecule has 0 bridgehead atoms. The Morgan fingerprint density at radius 1 is 1.56 bits per heavy atom. The van der Waals surface area contributed by atoms with Crippen molar-refractivity contribution in [2.75, 3.05) is 5.32 Å². The van der Waals surface area contributed by atoms with Crippen molar-refractivity contribution in [3.8, 4) is 11.4 Å². The summed E-state index contributed by atoms with van der Waals surface area (Å²) in [6.07, 6.45) is 3.75. The van der Waals surface area contributed by atoms with Gasteiger partial charge in [0.15, 0.2) is 5.82 Å². The minimum atomic E-state index is -0.114. The lowest BCUT2D eigenvalue weighted by molar-refractivity contribution is -0.115. The molecule has 2 heterocycles. The fraction of sp³-hybridized carbons (Fsp3) is 0.200. The third kappa shape index (κ3) is 2.22. The van der Waals surface area contributed by atoms with Crippen molar-refractivity contribution in [3.05, 3.63) is 24.5 Å². The van der Waals surface area contributed by atoms with Crippen molar-refractivity contribution in [3.63, 3.8) is 0 Å². The molecule has 0 saturated heterocycles. The van der Waals surface area contributed by atoms with Gasteiger partial charge in [0.1, 0.15) is 0 Å². The second kappa shape index (κ2) is 4.52. The first-order chi connectivity index (χ1) is 7.79. The van der Waals surface area contributed by atoms with Crippen molar-refractivity contribution < 1.29 is 4.79 Å². The van der Waals surface area contributed by atoms with E-state index < -0.39 is 0 Å². The van der Waals surface area contributed by atoms with Gasteiger partial charge in [-0.3, -0.25) is 20.2 Å². The van der Waals surface area contributed by atoms with Crippen molar-refractivity contribution in [1.29, 1.82) is 0 Å². The Balaban J connectivity index is 2.17. The van der Waals surface area contributed by atoms with Crippen molar-refractivity contribution in [2.45, 2.75) is 13.3 Å². The van der Waals surface area contributed by atoms with Gasteiger partial charge in [-0.1, -0.05) is 6.92 Å². The first-order valence-electron chi connectivity index (χ1n) is 4.92. The predicted octanol–water partition coefficient (Wildman–Crippen LogP) is 1.22. The van der Waals surface area contributed by atoms with Gasteiger partial charge in [-0.05, 0) is 12.1 Å². The van der Waals surface area contributed by atoms with Crippen molar-refractivity contribution in [1.82, 2.24) is 20.2 Å². The number of nitrogens with one attached hydrogen (secondary N) is 2. The number of carbonyl (C=O) groups excluding carboxylic acids is 1. The van der Waals surface area contributed by atoms with Gasteiger partial charge in [-0.15, -0.1) is 5.10 Å². The highest BCUT2D eigenvalue weighted by molar-refractivity contribution is 5.88. The molecule has 16 heavy (non-hydrogen) atoms. The number of nitrogens with zero attached hydrogens (tertiary/aromatic N) is 3. The van der Waals surface area contributed by atoms with E-state index >= 15 is 0 Å². The molecule has 82 valence electrons. The summed E-state index contributed by atoms with van der Waals surface area (Å²) in [5.41, 5.74) is 0.826. The number of pyridine rings is 1. The van der Waals surface area contributed by atoms with Crippen LogP contribution in [0.15, 0.2) is 24.5 Å². The summed E-state index contributed by atoms with van der Waals surface area (Å²) >= 11 is 0. The second-order valence-corrected chi connectivity index (χ2v) is 3.15. The van der Waals surface area contributed by atoms with E-state index in [0.717, 1.165) is 5.56 Å². The molecule has 0 saturated carbocycles. The summed E-state index contributed by atoms with van der Waals surface area (Å²) in [5.74, 6) is 0.752. The van der Waals surface area contributed by atoms with Gasteiger partial charge in [0.25, 0.3) is 0 Å². The number of carbonyl (C=O) groups is 1. The van der Waals surface area contributed by atoms with Crippen LogP contribution in [0.2, 0.25) is 0 Å². The van der Waals surface area contributed by atoms with Crippen LogP contribution in [0.1, 0.15) is 13.3 Å². The monoisotopic (exact) mass is 217 g/mol. The normalized spacial score (nSPS) is 10.1. The smallest absolute Gasteiger partial charge is 0.249 e. The number of aromatic amines is 1. The molecule has 6 heteroatoms. The number of rotatable bonds is 3. The van der Waals surface area contributed by atoms with Crippen LogP contribution in [0.3, 0.4) is 0 Å². The molecule has 2 N–H and O–H groups in total. The predicted molar refractivity (Wildman–Crippen MR) is 58.5 cm³/mol. The lowest BCUT2D eigenvalue weighted by Crippen LogP contribution is -2.10. The molecule has 0 unspecified atom stereocenters. The second-order valence-electron chi connectivity index (χ2n) is 3.15. The van der Waals surface area contributed by atoms with Gasteiger partial charge < -0.3 is 0 Å². The van der Waals surface area contributed by atoms with Crippen LogP contribution in [-0.4, -0.2) is 26.1 Å². The maximum Gasteiger partial charge on any atom is 0.249 e. The average Bonchev–Trinajstić information content (AvgIpc) is 2.78.